The molecule has 0 aliphatic carbocycles. The lowest BCUT2D eigenvalue weighted by molar-refractivity contribution is -0.120. The number of ether oxygens (including phenoxy) is 1. The molecule has 10 heteroatoms. The van der Waals surface area contributed by atoms with Crippen molar-refractivity contribution in [2.24, 2.45) is 0 Å². The fraction of sp³-hybridized carbons (Fsp3) is 0.130. The first-order chi connectivity index (χ1) is 16.2. The standard InChI is InChI=1S/C23H19N5O3S2/c1-31-18-10-5-4-9-17(18)28-22(19-11-6-12-32-19)25-26-23(28)33-14-21(30)27-13-20(29)24-15-7-2-3-8-16(15)27/h2-12H,13-14H2,1H3,(H,24,29). The molecular formula is C23H19N5O3S2. The lowest BCUT2D eigenvalue weighted by atomic mass is 10.2. The Balaban J connectivity index is 1.46. The molecule has 3 heterocycles. The second-order valence-electron chi connectivity index (χ2n) is 7.12. The summed E-state index contributed by atoms with van der Waals surface area (Å²) in [6.45, 7) is -0.0178. The van der Waals surface area contributed by atoms with Crippen LogP contribution in [0.5, 0.6) is 5.75 Å². The van der Waals surface area contributed by atoms with Crippen molar-refractivity contribution in [3.05, 3.63) is 66.0 Å². The van der Waals surface area contributed by atoms with Crippen LogP contribution in [-0.2, 0) is 9.59 Å². The number of methoxy groups -OCH3 is 1. The lowest BCUT2D eigenvalue weighted by Gasteiger charge is -2.29. The van der Waals surface area contributed by atoms with Gasteiger partial charge in [0.1, 0.15) is 12.3 Å². The first-order valence-electron chi connectivity index (χ1n) is 10.1. The van der Waals surface area contributed by atoms with Crippen molar-refractivity contribution in [1.82, 2.24) is 14.8 Å². The summed E-state index contributed by atoms with van der Waals surface area (Å²) in [5.41, 5.74) is 2.10. The van der Waals surface area contributed by atoms with Gasteiger partial charge in [-0.15, -0.1) is 21.5 Å². The van der Waals surface area contributed by atoms with Gasteiger partial charge in [-0.2, -0.15) is 0 Å². The number of para-hydroxylation sites is 4. The van der Waals surface area contributed by atoms with Gasteiger partial charge in [0, 0.05) is 0 Å². The Morgan fingerprint density at radius 2 is 1.88 bits per heavy atom. The molecule has 2 aromatic heterocycles. The summed E-state index contributed by atoms with van der Waals surface area (Å²) in [5.74, 6) is 1.04. The monoisotopic (exact) mass is 477 g/mol. The van der Waals surface area contributed by atoms with Crippen LogP contribution in [0.1, 0.15) is 0 Å². The summed E-state index contributed by atoms with van der Waals surface area (Å²) in [6, 6.07) is 18.8. The average molecular weight is 478 g/mol. The van der Waals surface area contributed by atoms with Crippen LogP contribution >= 0.6 is 23.1 Å². The second kappa shape index (κ2) is 9.08. The lowest BCUT2D eigenvalue weighted by Crippen LogP contribution is -2.43. The molecule has 2 amide bonds. The highest BCUT2D eigenvalue weighted by molar-refractivity contribution is 7.99. The number of hydrogen-bond donors (Lipinski definition) is 1. The molecule has 0 saturated heterocycles. The van der Waals surface area contributed by atoms with Crippen LogP contribution in [0.4, 0.5) is 11.4 Å². The molecule has 0 spiro atoms. The van der Waals surface area contributed by atoms with Crippen LogP contribution < -0.4 is 15.0 Å². The van der Waals surface area contributed by atoms with Crippen LogP contribution in [0.2, 0.25) is 0 Å². The van der Waals surface area contributed by atoms with Crippen LogP contribution in [0.15, 0.2) is 71.2 Å². The third kappa shape index (κ3) is 4.10. The molecule has 1 aliphatic rings. The Hall–Kier alpha value is -3.63. The maximum absolute atomic E-state index is 13.1. The summed E-state index contributed by atoms with van der Waals surface area (Å²) < 4.78 is 7.47. The third-order valence-corrected chi connectivity index (χ3v) is 6.88. The Morgan fingerprint density at radius 1 is 1.09 bits per heavy atom. The van der Waals surface area contributed by atoms with Gasteiger partial charge in [0.25, 0.3) is 0 Å². The number of thiophene rings is 1. The van der Waals surface area contributed by atoms with Crippen molar-refractivity contribution in [1.29, 1.82) is 0 Å². The van der Waals surface area contributed by atoms with E-state index in [4.69, 9.17) is 4.74 Å². The third-order valence-electron chi connectivity index (χ3n) is 5.10. The fourth-order valence-corrected chi connectivity index (χ4v) is 5.14. The van der Waals surface area contributed by atoms with E-state index in [1.165, 1.54) is 16.7 Å². The maximum Gasteiger partial charge on any atom is 0.244 e. The topological polar surface area (TPSA) is 89.4 Å². The summed E-state index contributed by atoms with van der Waals surface area (Å²) in [5, 5.41) is 14.1. The predicted molar refractivity (Wildman–Crippen MR) is 129 cm³/mol. The van der Waals surface area contributed by atoms with Crippen molar-refractivity contribution in [3.8, 4) is 22.1 Å². The van der Waals surface area contributed by atoms with Crippen molar-refractivity contribution >= 4 is 46.3 Å². The van der Waals surface area contributed by atoms with E-state index < -0.39 is 0 Å². The SMILES string of the molecule is COc1ccccc1-n1c(SCC(=O)N2CC(=O)Nc3ccccc32)nnc1-c1cccs1. The van der Waals surface area contributed by atoms with Crippen molar-refractivity contribution in [3.63, 3.8) is 0 Å². The molecular weight excluding hydrogens is 458 g/mol. The van der Waals surface area contributed by atoms with Gasteiger partial charge in [0.05, 0.1) is 34.8 Å². The minimum absolute atomic E-state index is 0.0178. The summed E-state index contributed by atoms with van der Waals surface area (Å²) >= 11 is 2.83. The largest absolute Gasteiger partial charge is 0.495 e. The molecule has 0 atom stereocenters. The zero-order valence-electron chi connectivity index (χ0n) is 17.6. The number of nitrogens with zero attached hydrogens (tertiary/aromatic N) is 4. The molecule has 33 heavy (non-hydrogen) atoms. The predicted octanol–water partition coefficient (Wildman–Crippen LogP) is 4.08. The number of hydrogen-bond acceptors (Lipinski definition) is 7. The van der Waals surface area contributed by atoms with Gasteiger partial charge in [-0.05, 0) is 35.7 Å². The molecule has 0 radical (unpaired) electrons. The molecule has 4 aromatic rings. The minimum atomic E-state index is -0.218. The zero-order chi connectivity index (χ0) is 22.8. The first-order valence-corrected chi connectivity index (χ1v) is 12.0. The summed E-state index contributed by atoms with van der Waals surface area (Å²) in [7, 11) is 1.61. The van der Waals surface area contributed by atoms with Gasteiger partial charge in [0.15, 0.2) is 11.0 Å². The number of aromatic nitrogens is 3. The number of rotatable bonds is 6. The van der Waals surface area contributed by atoms with Crippen molar-refractivity contribution in [2.75, 3.05) is 29.6 Å². The second-order valence-corrected chi connectivity index (χ2v) is 9.01. The van der Waals surface area contributed by atoms with Crippen LogP contribution in [0.25, 0.3) is 16.4 Å². The van der Waals surface area contributed by atoms with Crippen molar-refractivity contribution in [2.45, 2.75) is 5.16 Å². The van der Waals surface area contributed by atoms with E-state index in [1.807, 2.05) is 64.5 Å². The zero-order valence-corrected chi connectivity index (χ0v) is 19.2. The summed E-state index contributed by atoms with van der Waals surface area (Å²) in [4.78, 5) is 27.7. The van der Waals surface area contributed by atoms with Gasteiger partial charge in [-0.3, -0.25) is 14.2 Å². The maximum atomic E-state index is 13.1. The number of fused-ring (bicyclic) bond motifs is 1. The average Bonchev–Trinajstić information content (AvgIpc) is 3.51. The van der Waals surface area contributed by atoms with Gasteiger partial charge in [-0.25, -0.2) is 0 Å². The molecule has 5 rings (SSSR count). The number of carbonyl (C=O) groups excluding carboxylic acids is 2. The molecule has 1 aliphatic heterocycles. The van der Waals surface area contributed by atoms with E-state index in [9.17, 15) is 9.59 Å². The molecule has 0 fully saturated rings. The molecule has 2 aromatic carbocycles. The molecule has 8 nitrogen and oxygen atoms in total. The van der Waals surface area contributed by atoms with Gasteiger partial charge in [0.2, 0.25) is 11.8 Å². The van der Waals surface area contributed by atoms with E-state index in [1.54, 1.807) is 24.5 Å². The molecule has 166 valence electrons. The molecule has 0 bridgehead atoms. The highest BCUT2D eigenvalue weighted by Gasteiger charge is 2.27. The number of carbonyl (C=O) groups is 2. The Kier molecular flexibility index (Phi) is 5.84. The Labute approximate surface area is 198 Å². The van der Waals surface area contributed by atoms with Crippen molar-refractivity contribution < 1.29 is 14.3 Å². The van der Waals surface area contributed by atoms with E-state index in [0.717, 1.165) is 10.6 Å². The number of nitrogens with one attached hydrogen (secondary N) is 1. The fourth-order valence-electron chi connectivity index (χ4n) is 3.62. The van der Waals surface area contributed by atoms with Crippen LogP contribution in [-0.4, -0.2) is 46.0 Å². The summed E-state index contributed by atoms with van der Waals surface area (Å²) in [6.07, 6.45) is 0. The minimum Gasteiger partial charge on any atom is -0.495 e. The van der Waals surface area contributed by atoms with Gasteiger partial charge >= 0.3 is 0 Å². The van der Waals surface area contributed by atoms with E-state index in [0.29, 0.717) is 28.1 Å². The highest BCUT2D eigenvalue weighted by Crippen LogP contribution is 2.35. The van der Waals surface area contributed by atoms with E-state index in [2.05, 4.69) is 15.5 Å². The number of benzene rings is 2. The number of thioether (sulfide) groups is 1. The quantitative estimate of drug-likeness (QED) is 0.421. The van der Waals surface area contributed by atoms with Crippen LogP contribution in [0, 0.1) is 0 Å². The number of amides is 2. The molecule has 0 saturated carbocycles. The Bertz CT molecular complexity index is 1320. The van der Waals surface area contributed by atoms with Crippen LogP contribution in [0.3, 0.4) is 0 Å². The first kappa shape index (κ1) is 21.2. The number of anilines is 2. The van der Waals surface area contributed by atoms with E-state index in [-0.39, 0.29) is 24.1 Å². The molecule has 1 N–H and O–H groups in total. The van der Waals surface area contributed by atoms with E-state index >= 15 is 0 Å². The Morgan fingerprint density at radius 3 is 2.67 bits per heavy atom. The highest BCUT2D eigenvalue weighted by atomic mass is 32.2. The van der Waals surface area contributed by atoms with Gasteiger partial charge in [-0.1, -0.05) is 42.1 Å². The molecule has 0 unspecified atom stereocenters. The van der Waals surface area contributed by atoms with Gasteiger partial charge < -0.3 is 15.0 Å². The smallest absolute Gasteiger partial charge is 0.244 e. The normalized spacial score (nSPS) is 12.9.